The maximum Gasteiger partial charge on any atom is 0.243 e. The monoisotopic (exact) mass is 444 g/mol. The number of carbonyl (C=O) groups excluding carboxylic acids is 1. The second-order valence-corrected chi connectivity index (χ2v) is 9.64. The predicted octanol–water partition coefficient (Wildman–Crippen LogP) is 1.89. The topological polar surface area (TPSA) is 91.8 Å². The number of aromatic nitrogens is 1. The molecule has 8 nitrogen and oxygen atoms in total. The Labute approximate surface area is 173 Å². The first-order valence-corrected chi connectivity index (χ1v) is 11.3. The third-order valence-corrected chi connectivity index (χ3v) is 7.05. The first-order valence-electron chi connectivity index (χ1n) is 8.61. The zero-order valence-corrected chi connectivity index (χ0v) is 17.7. The van der Waals surface area contributed by atoms with Crippen molar-refractivity contribution in [3.63, 3.8) is 0 Å². The second-order valence-electron chi connectivity index (χ2n) is 6.30. The minimum absolute atomic E-state index is 0.0780. The van der Waals surface area contributed by atoms with Crippen molar-refractivity contribution < 1.29 is 17.9 Å². The van der Waals surface area contributed by atoms with E-state index in [1.54, 1.807) is 0 Å². The molecular weight excluding hydrogens is 424 g/mol. The summed E-state index contributed by atoms with van der Waals surface area (Å²) < 4.78 is 31.4. The van der Waals surface area contributed by atoms with Gasteiger partial charge in [0.2, 0.25) is 15.9 Å². The molecule has 1 amide bonds. The average molecular weight is 445 g/mol. The zero-order chi connectivity index (χ0) is 20.1. The van der Waals surface area contributed by atoms with E-state index in [0.29, 0.717) is 29.9 Å². The van der Waals surface area contributed by atoms with Crippen LogP contribution in [0, 0.1) is 0 Å². The number of rotatable bonds is 7. The molecule has 0 atom stereocenters. The van der Waals surface area contributed by atoms with E-state index in [2.05, 4.69) is 15.2 Å². The summed E-state index contributed by atoms with van der Waals surface area (Å²) >= 11 is 7.11. The highest BCUT2D eigenvalue weighted by Gasteiger charge is 2.23. The van der Waals surface area contributed by atoms with E-state index in [1.807, 2.05) is 5.38 Å². The zero-order valence-electron chi connectivity index (χ0n) is 15.3. The number of ether oxygens (including phenoxy) is 1. The van der Waals surface area contributed by atoms with Crippen LogP contribution in [-0.4, -0.2) is 68.4 Å². The van der Waals surface area contributed by atoms with Crippen molar-refractivity contribution in [1.29, 1.82) is 0 Å². The van der Waals surface area contributed by atoms with Crippen LogP contribution in [0.4, 0.5) is 5.13 Å². The molecule has 0 saturated carbocycles. The Kier molecular flexibility index (Phi) is 7.02. The minimum atomic E-state index is -3.78. The summed E-state index contributed by atoms with van der Waals surface area (Å²) in [6.45, 7) is 3.51. The van der Waals surface area contributed by atoms with E-state index in [1.165, 1.54) is 42.6 Å². The van der Waals surface area contributed by atoms with Gasteiger partial charge in [0.1, 0.15) is 0 Å². The number of halogens is 1. The van der Waals surface area contributed by atoms with Crippen molar-refractivity contribution in [2.45, 2.75) is 11.4 Å². The van der Waals surface area contributed by atoms with Crippen LogP contribution in [0.5, 0.6) is 0 Å². The lowest BCUT2D eigenvalue weighted by molar-refractivity contribution is -0.116. The molecule has 0 bridgehead atoms. The second kappa shape index (κ2) is 9.29. The van der Waals surface area contributed by atoms with Crippen molar-refractivity contribution in [3.05, 3.63) is 40.4 Å². The van der Waals surface area contributed by atoms with Gasteiger partial charge in [0.25, 0.3) is 0 Å². The maximum absolute atomic E-state index is 12.5. The van der Waals surface area contributed by atoms with Gasteiger partial charge in [-0.3, -0.25) is 9.69 Å². The summed E-state index contributed by atoms with van der Waals surface area (Å²) in [4.78, 5) is 19.0. The van der Waals surface area contributed by atoms with Gasteiger partial charge in [-0.1, -0.05) is 11.6 Å². The van der Waals surface area contributed by atoms with Gasteiger partial charge < -0.3 is 10.1 Å². The van der Waals surface area contributed by atoms with E-state index < -0.39 is 15.9 Å². The number of carbonyl (C=O) groups is 1. The summed E-state index contributed by atoms with van der Waals surface area (Å²) in [5.74, 6) is -0.452. The highest BCUT2D eigenvalue weighted by atomic mass is 35.5. The van der Waals surface area contributed by atoms with Crippen LogP contribution in [0.2, 0.25) is 5.02 Å². The normalized spacial score (nSPS) is 15.7. The molecule has 0 aliphatic carbocycles. The Morgan fingerprint density at radius 3 is 2.68 bits per heavy atom. The number of hydrogen-bond acceptors (Lipinski definition) is 7. The number of benzene rings is 1. The number of morpholine rings is 1. The molecule has 2 heterocycles. The molecule has 2 aromatic rings. The van der Waals surface area contributed by atoms with Crippen molar-refractivity contribution in [3.8, 4) is 0 Å². The lowest BCUT2D eigenvalue weighted by atomic mass is 10.4. The molecule has 1 aromatic heterocycles. The highest BCUT2D eigenvalue weighted by molar-refractivity contribution is 7.89. The number of nitrogens with one attached hydrogen (secondary N) is 1. The molecule has 11 heteroatoms. The largest absolute Gasteiger partial charge is 0.379 e. The van der Waals surface area contributed by atoms with Crippen LogP contribution in [0.25, 0.3) is 0 Å². The number of nitrogens with zero attached hydrogens (tertiary/aromatic N) is 3. The summed E-state index contributed by atoms with van der Waals surface area (Å²) in [7, 11) is -2.42. The van der Waals surface area contributed by atoms with E-state index in [9.17, 15) is 13.2 Å². The van der Waals surface area contributed by atoms with Gasteiger partial charge in [-0.2, -0.15) is 4.31 Å². The first kappa shape index (κ1) is 21.2. The number of amides is 1. The summed E-state index contributed by atoms with van der Waals surface area (Å²) in [6.07, 6.45) is 0. The van der Waals surface area contributed by atoms with Crippen molar-refractivity contribution in [2.24, 2.45) is 0 Å². The van der Waals surface area contributed by atoms with Crippen molar-refractivity contribution in [2.75, 3.05) is 45.2 Å². The smallest absolute Gasteiger partial charge is 0.243 e. The first-order chi connectivity index (χ1) is 13.3. The molecule has 0 unspecified atom stereocenters. The SMILES string of the molecule is CN(CC(=O)Nc1nc(CN2CCOCC2)cs1)S(=O)(=O)c1ccc(Cl)cc1. The third-order valence-electron chi connectivity index (χ3n) is 4.18. The number of sulfonamides is 1. The van der Waals surface area contributed by atoms with Gasteiger partial charge in [0.05, 0.1) is 30.3 Å². The van der Waals surface area contributed by atoms with Gasteiger partial charge in [-0.05, 0) is 24.3 Å². The van der Waals surface area contributed by atoms with E-state index in [4.69, 9.17) is 16.3 Å². The fourth-order valence-electron chi connectivity index (χ4n) is 2.66. The number of hydrogen-bond donors (Lipinski definition) is 1. The summed E-state index contributed by atoms with van der Waals surface area (Å²) in [6, 6.07) is 5.80. The molecule has 1 aliphatic rings. The molecule has 1 saturated heterocycles. The molecule has 0 radical (unpaired) electrons. The van der Waals surface area contributed by atoms with Crippen LogP contribution >= 0.6 is 22.9 Å². The Morgan fingerprint density at radius 2 is 2.00 bits per heavy atom. The molecule has 3 rings (SSSR count). The van der Waals surface area contributed by atoms with E-state index in [0.717, 1.165) is 23.1 Å². The van der Waals surface area contributed by atoms with E-state index in [-0.39, 0.29) is 11.4 Å². The highest BCUT2D eigenvalue weighted by Crippen LogP contribution is 2.19. The summed E-state index contributed by atoms with van der Waals surface area (Å²) in [5.41, 5.74) is 0.865. The van der Waals surface area contributed by atoms with Gasteiger partial charge in [-0.15, -0.1) is 11.3 Å². The minimum Gasteiger partial charge on any atom is -0.379 e. The van der Waals surface area contributed by atoms with Crippen LogP contribution in [0.1, 0.15) is 5.69 Å². The Balaban J connectivity index is 1.55. The lowest BCUT2D eigenvalue weighted by Gasteiger charge is -2.25. The number of thiazole rings is 1. The maximum atomic E-state index is 12.5. The van der Waals surface area contributed by atoms with Crippen molar-refractivity contribution in [1.82, 2.24) is 14.2 Å². The Hall–Kier alpha value is -1.56. The van der Waals surface area contributed by atoms with E-state index >= 15 is 0 Å². The van der Waals surface area contributed by atoms with Crippen LogP contribution < -0.4 is 5.32 Å². The van der Waals surface area contributed by atoms with Crippen LogP contribution in [0.15, 0.2) is 34.5 Å². The molecule has 1 fully saturated rings. The summed E-state index contributed by atoms with van der Waals surface area (Å²) in [5, 5.41) is 5.44. The predicted molar refractivity (Wildman–Crippen MR) is 108 cm³/mol. The molecule has 28 heavy (non-hydrogen) atoms. The molecule has 0 spiro atoms. The standard InChI is InChI=1S/C17H21ClN4O4S2/c1-21(28(24,25)15-4-2-13(18)3-5-15)11-16(23)20-17-19-14(12-27-17)10-22-6-8-26-9-7-22/h2-5,12H,6-11H2,1H3,(H,19,20,23). The van der Waals surface area contributed by atoms with Gasteiger partial charge >= 0.3 is 0 Å². The fourth-order valence-corrected chi connectivity index (χ4v) is 4.63. The fraction of sp³-hybridized carbons (Fsp3) is 0.412. The molecule has 152 valence electrons. The van der Waals surface area contributed by atoms with Gasteiger partial charge in [0.15, 0.2) is 5.13 Å². The third kappa shape index (κ3) is 5.49. The molecule has 1 aromatic carbocycles. The van der Waals surface area contributed by atoms with Gasteiger partial charge in [-0.25, -0.2) is 13.4 Å². The van der Waals surface area contributed by atoms with Crippen LogP contribution in [0.3, 0.4) is 0 Å². The van der Waals surface area contributed by atoms with Crippen LogP contribution in [-0.2, 0) is 26.1 Å². The molecular formula is C17H21ClN4O4S2. The molecule has 1 aliphatic heterocycles. The quantitative estimate of drug-likeness (QED) is 0.701. The van der Waals surface area contributed by atoms with Crippen molar-refractivity contribution >= 4 is 44.0 Å². The number of likely N-dealkylation sites (N-methyl/N-ethyl adjacent to an activating group) is 1. The Morgan fingerprint density at radius 1 is 1.32 bits per heavy atom. The molecule has 1 N–H and O–H groups in total. The Bertz CT molecular complexity index is 911. The van der Waals surface area contributed by atoms with Gasteiger partial charge in [0, 0.05) is 37.1 Å². The number of anilines is 1. The average Bonchev–Trinajstić information content (AvgIpc) is 3.09. The lowest BCUT2D eigenvalue weighted by Crippen LogP contribution is -2.35.